The van der Waals surface area contributed by atoms with Crippen molar-refractivity contribution in [1.82, 2.24) is 10.6 Å². The van der Waals surface area contributed by atoms with Gasteiger partial charge in [-0.25, -0.2) is 0 Å². The Morgan fingerprint density at radius 3 is 1.50 bits per heavy atom. The molecule has 0 rings (SSSR count). The smallest absolute Gasteiger partial charge is 0.309 e. The second-order valence-electron chi connectivity index (χ2n) is 3.74. The Labute approximate surface area is 107 Å². The summed E-state index contributed by atoms with van der Waals surface area (Å²) in [7, 11) is 0. The molecule has 0 bridgehead atoms. The highest BCUT2D eigenvalue weighted by molar-refractivity contribution is 6.35. The van der Waals surface area contributed by atoms with Crippen molar-refractivity contribution < 1.29 is 9.59 Å². The van der Waals surface area contributed by atoms with Crippen LogP contribution in [0.2, 0.25) is 0 Å². The van der Waals surface area contributed by atoms with Crippen molar-refractivity contribution in [3.05, 3.63) is 0 Å². The molecule has 0 aromatic carbocycles. The third-order valence-corrected chi connectivity index (χ3v) is 2.21. The summed E-state index contributed by atoms with van der Waals surface area (Å²) in [6, 6.07) is 4.02. The lowest BCUT2D eigenvalue weighted by Gasteiger charge is -2.05. The topological polar surface area (TPSA) is 106 Å². The van der Waals surface area contributed by atoms with Crippen LogP contribution in [0.5, 0.6) is 0 Å². The first-order valence-corrected chi connectivity index (χ1v) is 6.02. The van der Waals surface area contributed by atoms with Crippen molar-refractivity contribution in [1.29, 1.82) is 10.5 Å². The van der Waals surface area contributed by atoms with Crippen LogP contribution in [-0.4, -0.2) is 24.9 Å². The summed E-state index contributed by atoms with van der Waals surface area (Å²) in [6.07, 6.45) is 3.73. The van der Waals surface area contributed by atoms with Gasteiger partial charge in [-0.05, 0) is 25.7 Å². The minimum atomic E-state index is -0.646. The molecule has 0 aromatic heterocycles. The second kappa shape index (κ2) is 11.4. The zero-order chi connectivity index (χ0) is 13.6. The van der Waals surface area contributed by atoms with Gasteiger partial charge in [-0.3, -0.25) is 9.59 Å². The monoisotopic (exact) mass is 250 g/mol. The third kappa shape index (κ3) is 9.17. The fraction of sp³-hybridized carbons (Fsp3) is 0.667. The molecule has 0 aliphatic heterocycles. The molecule has 6 nitrogen and oxygen atoms in total. The standard InChI is InChI=1S/C12H18N4O2/c13-7-3-1-5-9-15-11(17)12(18)16-10-6-2-4-8-14/h1-6,9-10H2,(H,15,17)(H,16,18). The number of hydrogen-bond donors (Lipinski definition) is 2. The van der Waals surface area contributed by atoms with Gasteiger partial charge in [0.05, 0.1) is 12.1 Å². The highest BCUT2D eigenvalue weighted by Crippen LogP contribution is 1.92. The number of rotatable bonds is 8. The van der Waals surface area contributed by atoms with Gasteiger partial charge in [0, 0.05) is 25.9 Å². The van der Waals surface area contributed by atoms with E-state index in [0.717, 1.165) is 0 Å². The van der Waals surface area contributed by atoms with Crippen LogP contribution in [0.4, 0.5) is 0 Å². The molecule has 0 aliphatic carbocycles. The quantitative estimate of drug-likeness (QED) is 0.486. The molecule has 0 atom stereocenters. The molecule has 6 heteroatoms. The van der Waals surface area contributed by atoms with E-state index in [-0.39, 0.29) is 0 Å². The third-order valence-electron chi connectivity index (χ3n) is 2.21. The predicted molar refractivity (Wildman–Crippen MR) is 64.9 cm³/mol. The summed E-state index contributed by atoms with van der Waals surface area (Å²) >= 11 is 0. The molecule has 2 amide bonds. The Morgan fingerprint density at radius 2 is 1.17 bits per heavy atom. The van der Waals surface area contributed by atoms with E-state index in [1.807, 2.05) is 12.1 Å². The Bertz CT molecular complexity index is 307. The van der Waals surface area contributed by atoms with Crippen molar-refractivity contribution in [3.8, 4) is 12.1 Å². The molecule has 0 aliphatic rings. The Kier molecular flexibility index (Phi) is 10.1. The number of carbonyl (C=O) groups is 2. The second-order valence-corrected chi connectivity index (χ2v) is 3.74. The first kappa shape index (κ1) is 15.9. The largest absolute Gasteiger partial charge is 0.348 e. The molecule has 0 fully saturated rings. The average molecular weight is 250 g/mol. The van der Waals surface area contributed by atoms with Gasteiger partial charge < -0.3 is 10.6 Å². The van der Waals surface area contributed by atoms with Crippen LogP contribution < -0.4 is 10.6 Å². The van der Waals surface area contributed by atoms with Crippen LogP contribution in [0.3, 0.4) is 0 Å². The van der Waals surface area contributed by atoms with Gasteiger partial charge in [-0.15, -0.1) is 0 Å². The predicted octanol–water partition coefficient (Wildman–Crippen LogP) is 0.607. The van der Waals surface area contributed by atoms with E-state index in [4.69, 9.17) is 10.5 Å². The van der Waals surface area contributed by atoms with Crippen molar-refractivity contribution in [2.45, 2.75) is 38.5 Å². The first-order chi connectivity index (χ1) is 8.72. The fourth-order valence-corrected chi connectivity index (χ4v) is 1.22. The summed E-state index contributed by atoms with van der Waals surface area (Å²) in [4.78, 5) is 22.5. The lowest BCUT2D eigenvalue weighted by Crippen LogP contribution is -2.40. The molecule has 18 heavy (non-hydrogen) atoms. The maximum absolute atomic E-state index is 11.3. The highest BCUT2D eigenvalue weighted by atomic mass is 16.2. The van der Waals surface area contributed by atoms with Crippen LogP contribution in [0.15, 0.2) is 0 Å². The summed E-state index contributed by atoms with van der Waals surface area (Å²) in [6.45, 7) is 0.810. The molecular formula is C12H18N4O2. The van der Waals surface area contributed by atoms with Gasteiger partial charge in [-0.1, -0.05) is 0 Å². The molecule has 0 saturated carbocycles. The molecule has 0 unspecified atom stereocenters. The molecule has 2 N–H and O–H groups in total. The summed E-state index contributed by atoms with van der Waals surface area (Å²) in [5, 5.41) is 21.6. The van der Waals surface area contributed by atoms with Gasteiger partial charge in [0.25, 0.3) is 0 Å². The van der Waals surface area contributed by atoms with E-state index in [1.165, 1.54) is 0 Å². The lowest BCUT2D eigenvalue weighted by molar-refractivity contribution is -0.139. The molecule has 0 saturated heterocycles. The van der Waals surface area contributed by atoms with E-state index in [2.05, 4.69) is 10.6 Å². The Balaban J connectivity index is 3.50. The highest BCUT2D eigenvalue weighted by Gasteiger charge is 2.11. The molecule has 0 radical (unpaired) electrons. The van der Waals surface area contributed by atoms with Gasteiger partial charge in [0.15, 0.2) is 0 Å². The molecule has 0 heterocycles. The van der Waals surface area contributed by atoms with Crippen LogP contribution in [0.1, 0.15) is 38.5 Å². The number of hydrogen-bond acceptors (Lipinski definition) is 4. The fourth-order valence-electron chi connectivity index (χ4n) is 1.22. The maximum atomic E-state index is 11.3. The van der Waals surface area contributed by atoms with E-state index >= 15 is 0 Å². The van der Waals surface area contributed by atoms with Crippen molar-refractivity contribution in [2.24, 2.45) is 0 Å². The van der Waals surface area contributed by atoms with E-state index in [0.29, 0.717) is 51.6 Å². The Hall–Kier alpha value is -2.08. The van der Waals surface area contributed by atoms with Crippen molar-refractivity contribution >= 4 is 11.8 Å². The van der Waals surface area contributed by atoms with Crippen molar-refractivity contribution in [2.75, 3.05) is 13.1 Å². The number of carbonyl (C=O) groups excluding carboxylic acids is 2. The molecule has 0 spiro atoms. The van der Waals surface area contributed by atoms with Gasteiger partial charge >= 0.3 is 11.8 Å². The molecular weight excluding hydrogens is 232 g/mol. The van der Waals surface area contributed by atoms with Crippen LogP contribution in [0.25, 0.3) is 0 Å². The van der Waals surface area contributed by atoms with Crippen LogP contribution >= 0.6 is 0 Å². The summed E-state index contributed by atoms with van der Waals surface area (Å²) in [5.74, 6) is -1.29. The van der Waals surface area contributed by atoms with Gasteiger partial charge in [0.1, 0.15) is 0 Å². The number of nitrogens with one attached hydrogen (secondary N) is 2. The SMILES string of the molecule is N#CCCCCNC(=O)C(=O)NCCCCC#N. The number of unbranched alkanes of at least 4 members (excludes halogenated alkanes) is 4. The lowest BCUT2D eigenvalue weighted by atomic mass is 10.2. The zero-order valence-electron chi connectivity index (χ0n) is 10.4. The minimum Gasteiger partial charge on any atom is -0.348 e. The minimum absolute atomic E-state index is 0.405. The number of nitrogens with zero attached hydrogens (tertiary/aromatic N) is 2. The first-order valence-electron chi connectivity index (χ1n) is 6.02. The summed E-state index contributed by atoms with van der Waals surface area (Å²) in [5.41, 5.74) is 0. The normalized spacial score (nSPS) is 9.00. The van der Waals surface area contributed by atoms with Gasteiger partial charge in [0.2, 0.25) is 0 Å². The van der Waals surface area contributed by atoms with Crippen LogP contribution in [0, 0.1) is 22.7 Å². The maximum Gasteiger partial charge on any atom is 0.309 e. The molecule has 98 valence electrons. The number of amides is 2. The van der Waals surface area contributed by atoms with E-state index < -0.39 is 11.8 Å². The average Bonchev–Trinajstić information content (AvgIpc) is 2.37. The Morgan fingerprint density at radius 1 is 0.778 bits per heavy atom. The van der Waals surface area contributed by atoms with Gasteiger partial charge in [-0.2, -0.15) is 10.5 Å². The van der Waals surface area contributed by atoms with E-state index in [1.54, 1.807) is 0 Å². The van der Waals surface area contributed by atoms with Crippen molar-refractivity contribution in [3.63, 3.8) is 0 Å². The number of nitriles is 2. The zero-order valence-corrected chi connectivity index (χ0v) is 10.4. The van der Waals surface area contributed by atoms with E-state index in [9.17, 15) is 9.59 Å². The molecule has 0 aromatic rings. The summed E-state index contributed by atoms with van der Waals surface area (Å²) < 4.78 is 0. The van der Waals surface area contributed by atoms with Crippen LogP contribution in [-0.2, 0) is 9.59 Å².